The molecular formula is C14H16N4O2. The summed E-state index contributed by atoms with van der Waals surface area (Å²) in [4.78, 5) is 18.4. The summed E-state index contributed by atoms with van der Waals surface area (Å²) < 4.78 is 6.58. The number of hydrogen-bond acceptors (Lipinski definition) is 5. The first kappa shape index (κ1) is 14.0. The first-order valence-electron chi connectivity index (χ1n) is 6.14. The van der Waals surface area contributed by atoms with Crippen molar-refractivity contribution in [2.45, 2.75) is 26.2 Å². The average molecular weight is 272 g/mol. The molecule has 0 aromatic carbocycles. The van der Waals surface area contributed by atoms with Gasteiger partial charge in [-0.15, -0.1) is 4.99 Å². The number of aromatic nitrogens is 3. The quantitative estimate of drug-likeness (QED) is 0.636. The number of pyridine rings is 1. The van der Waals surface area contributed by atoms with Crippen LogP contribution in [0.2, 0.25) is 0 Å². The molecule has 2 aromatic rings. The molecule has 20 heavy (non-hydrogen) atoms. The third-order valence-electron chi connectivity index (χ3n) is 2.79. The van der Waals surface area contributed by atoms with Crippen LogP contribution >= 0.6 is 0 Å². The largest absolute Gasteiger partial charge is 0.481 e. The summed E-state index contributed by atoms with van der Waals surface area (Å²) in [7, 11) is 1.55. The molecule has 0 amide bonds. The molecule has 0 atom stereocenters. The van der Waals surface area contributed by atoms with Crippen molar-refractivity contribution < 1.29 is 9.53 Å². The molecule has 0 saturated heterocycles. The van der Waals surface area contributed by atoms with Gasteiger partial charge in [0.15, 0.2) is 5.82 Å². The highest BCUT2D eigenvalue weighted by Crippen LogP contribution is 2.27. The maximum Gasteiger partial charge on any atom is 0.242 e. The van der Waals surface area contributed by atoms with Gasteiger partial charge in [0, 0.05) is 17.5 Å². The van der Waals surface area contributed by atoms with E-state index in [0.717, 1.165) is 5.69 Å². The molecule has 6 nitrogen and oxygen atoms in total. The predicted molar refractivity (Wildman–Crippen MR) is 74.4 cm³/mol. The number of nitrogens with zero attached hydrogens (tertiary/aromatic N) is 4. The van der Waals surface area contributed by atoms with E-state index in [2.05, 4.69) is 15.1 Å². The van der Waals surface area contributed by atoms with Gasteiger partial charge in [0.25, 0.3) is 0 Å². The van der Waals surface area contributed by atoms with E-state index in [1.807, 2.05) is 20.8 Å². The Morgan fingerprint density at radius 2 is 2.10 bits per heavy atom. The molecule has 6 heteroatoms. The summed E-state index contributed by atoms with van der Waals surface area (Å²) in [6.07, 6.45) is 3.16. The normalized spacial score (nSPS) is 11.0. The lowest BCUT2D eigenvalue weighted by molar-refractivity contribution is 0.397. The van der Waals surface area contributed by atoms with Gasteiger partial charge in [-0.1, -0.05) is 20.8 Å². The molecule has 0 unspecified atom stereocenters. The van der Waals surface area contributed by atoms with Crippen LogP contribution in [0.1, 0.15) is 26.5 Å². The minimum atomic E-state index is -0.141. The molecule has 0 N–H and O–H groups in total. The van der Waals surface area contributed by atoms with Crippen LogP contribution in [0.5, 0.6) is 5.88 Å². The van der Waals surface area contributed by atoms with Gasteiger partial charge in [0.05, 0.1) is 24.7 Å². The molecule has 0 fully saturated rings. The van der Waals surface area contributed by atoms with Gasteiger partial charge in [-0.3, -0.25) is 0 Å². The zero-order valence-corrected chi connectivity index (χ0v) is 11.9. The Morgan fingerprint density at radius 1 is 1.35 bits per heavy atom. The molecule has 2 heterocycles. The first-order valence-corrected chi connectivity index (χ1v) is 6.14. The average Bonchev–Trinajstić information content (AvgIpc) is 2.83. The summed E-state index contributed by atoms with van der Waals surface area (Å²) in [5.41, 5.74) is 1.40. The van der Waals surface area contributed by atoms with Gasteiger partial charge < -0.3 is 4.74 Å². The van der Waals surface area contributed by atoms with Crippen molar-refractivity contribution in [3.63, 3.8) is 0 Å². The Labute approximate surface area is 117 Å². The van der Waals surface area contributed by atoms with Gasteiger partial charge in [-0.2, -0.15) is 5.10 Å². The van der Waals surface area contributed by atoms with E-state index in [4.69, 9.17) is 4.74 Å². The molecule has 0 radical (unpaired) electrons. The van der Waals surface area contributed by atoms with Crippen molar-refractivity contribution in [1.29, 1.82) is 0 Å². The standard InChI is InChI=1S/C14H16N4O2/c1-14(2,3)11-7-12(16-9-19)18(17-11)10-5-6-13(20-4)15-8-10/h5-8H,1-4H3. The van der Waals surface area contributed by atoms with Crippen LogP contribution in [0.25, 0.3) is 5.69 Å². The van der Waals surface area contributed by atoms with Crippen LogP contribution in [0, 0.1) is 0 Å². The van der Waals surface area contributed by atoms with Gasteiger partial charge in [-0.25, -0.2) is 14.5 Å². The minimum Gasteiger partial charge on any atom is -0.481 e. The second-order valence-corrected chi connectivity index (χ2v) is 5.31. The summed E-state index contributed by atoms with van der Waals surface area (Å²) >= 11 is 0. The Balaban J connectivity index is 2.53. The Hall–Kier alpha value is -2.46. The number of rotatable bonds is 3. The molecule has 0 aliphatic carbocycles. The Morgan fingerprint density at radius 3 is 2.60 bits per heavy atom. The summed E-state index contributed by atoms with van der Waals surface area (Å²) in [5.74, 6) is 0.939. The van der Waals surface area contributed by atoms with Crippen molar-refractivity contribution in [2.75, 3.05) is 7.11 Å². The summed E-state index contributed by atoms with van der Waals surface area (Å²) in [6, 6.07) is 5.30. The van der Waals surface area contributed by atoms with E-state index in [0.29, 0.717) is 17.4 Å². The second-order valence-electron chi connectivity index (χ2n) is 5.31. The number of methoxy groups -OCH3 is 1. The van der Waals surface area contributed by atoms with Crippen molar-refractivity contribution in [3.05, 3.63) is 30.1 Å². The van der Waals surface area contributed by atoms with E-state index >= 15 is 0 Å². The molecule has 0 spiro atoms. The van der Waals surface area contributed by atoms with Crippen LogP contribution in [0.4, 0.5) is 5.82 Å². The zero-order chi connectivity index (χ0) is 14.8. The molecule has 0 aliphatic rings. The molecule has 104 valence electrons. The maximum atomic E-state index is 10.5. The molecule has 2 aromatic heterocycles. The zero-order valence-electron chi connectivity index (χ0n) is 11.9. The fourth-order valence-corrected chi connectivity index (χ4v) is 1.67. The SMILES string of the molecule is COc1ccc(-n2nc(C(C)(C)C)cc2N=C=O)cn1. The molecule has 0 saturated carbocycles. The van der Waals surface area contributed by atoms with Crippen LogP contribution in [0.15, 0.2) is 29.4 Å². The van der Waals surface area contributed by atoms with Crippen LogP contribution in [-0.4, -0.2) is 28.0 Å². The Kier molecular flexibility index (Phi) is 3.68. The fraction of sp³-hybridized carbons (Fsp3) is 0.357. The number of carbonyl (C=O) groups excluding carboxylic acids is 1. The van der Waals surface area contributed by atoms with Gasteiger partial charge >= 0.3 is 0 Å². The lowest BCUT2D eigenvalue weighted by atomic mass is 9.92. The second kappa shape index (κ2) is 5.27. The highest BCUT2D eigenvalue weighted by Gasteiger charge is 2.20. The Bertz CT molecular complexity index is 647. The molecular weight excluding hydrogens is 256 g/mol. The maximum absolute atomic E-state index is 10.5. The topological polar surface area (TPSA) is 69.4 Å². The third kappa shape index (κ3) is 2.75. The first-order chi connectivity index (χ1) is 9.45. The number of aliphatic imine (C=N–C) groups is 1. The predicted octanol–water partition coefficient (Wildman–Crippen LogP) is 2.54. The van der Waals surface area contributed by atoms with E-state index < -0.39 is 0 Å². The van der Waals surface area contributed by atoms with Gasteiger partial charge in [-0.05, 0) is 6.07 Å². The van der Waals surface area contributed by atoms with Crippen LogP contribution in [0.3, 0.4) is 0 Å². The molecule has 0 aliphatic heterocycles. The lowest BCUT2D eigenvalue weighted by Gasteiger charge is -2.14. The van der Waals surface area contributed by atoms with E-state index in [-0.39, 0.29) is 5.41 Å². The minimum absolute atomic E-state index is 0.141. The van der Waals surface area contributed by atoms with E-state index in [9.17, 15) is 4.79 Å². The molecule has 2 rings (SSSR count). The highest BCUT2D eigenvalue weighted by molar-refractivity contribution is 5.50. The van der Waals surface area contributed by atoms with Crippen molar-refractivity contribution in [1.82, 2.24) is 14.8 Å². The van der Waals surface area contributed by atoms with Crippen LogP contribution < -0.4 is 4.74 Å². The smallest absolute Gasteiger partial charge is 0.242 e. The lowest BCUT2D eigenvalue weighted by Crippen LogP contribution is -2.12. The van der Waals surface area contributed by atoms with Crippen molar-refractivity contribution in [2.24, 2.45) is 4.99 Å². The molecule has 0 bridgehead atoms. The third-order valence-corrected chi connectivity index (χ3v) is 2.79. The highest BCUT2D eigenvalue weighted by atomic mass is 16.5. The van der Waals surface area contributed by atoms with Crippen LogP contribution in [-0.2, 0) is 10.2 Å². The van der Waals surface area contributed by atoms with E-state index in [1.165, 1.54) is 0 Å². The number of isocyanates is 1. The monoisotopic (exact) mass is 272 g/mol. The van der Waals surface area contributed by atoms with Gasteiger partial charge in [0.2, 0.25) is 12.0 Å². The summed E-state index contributed by atoms with van der Waals surface area (Å²) in [6.45, 7) is 6.13. The number of ether oxygens (including phenoxy) is 1. The number of hydrogen-bond donors (Lipinski definition) is 0. The van der Waals surface area contributed by atoms with Crippen molar-refractivity contribution >= 4 is 11.9 Å². The van der Waals surface area contributed by atoms with Crippen molar-refractivity contribution in [3.8, 4) is 11.6 Å². The summed E-state index contributed by atoms with van der Waals surface area (Å²) in [5, 5.41) is 4.49. The van der Waals surface area contributed by atoms with E-state index in [1.54, 1.807) is 42.3 Å². The van der Waals surface area contributed by atoms with Gasteiger partial charge in [0.1, 0.15) is 0 Å². The fourth-order valence-electron chi connectivity index (χ4n) is 1.67.